The van der Waals surface area contributed by atoms with E-state index in [1.54, 1.807) is 0 Å². The molecule has 0 bridgehead atoms. The first kappa shape index (κ1) is 16.1. The molecule has 0 aromatic carbocycles. The smallest absolute Gasteiger partial charge is 0.251 e. The lowest BCUT2D eigenvalue weighted by Crippen LogP contribution is -2.33. The van der Waals surface area contributed by atoms with Gasteiger partial charge >= 0.3 is 0 Å². The van der Waals surface area contributed by atoms with Gasteiger partial charge in [0, 0.05) is 11.6 Å². The lowest BCUT2D eigenvalue weighted by atomic mass is 10.1. The average molecular weight is 329 g/mol. The van der Waals surface area contributed by atoms with Gasteiger partial charge in [-0.05, 0) is 33.6 Å². The Kier molecular flexibility index (Phi) is 4.80. The summed E-state index contributed by atoms with van der Waals surface area (Å²) in [6, 6.07) is -0.251. The van der Waals surface area contributed by atoms with Gasteiger partial charge in [0.25, 0.3) is 10.0 Å². The van der Waals surface area contributed by atoms with E-state index in [0.717, 1.165) is 28.4 Å². The molecule has 0 aliphatic rings. The lowest BCUT2D eigenvalue weighted by Gasteiger charge is -2.12. The van der Waals surface area contributed by atoms with Crippen molar-refractivity contribution in [2.24, 2.45) is 0 Å². The molecule has 2 rings (SSSR count). The van der Waals surface area contributed by atoms with Crippen LogP contribution in [-0.2, 0) is 22.9 Å². The molecule has 2 aromatic rings. The first-order chi connectivity index (χ1) is 9.83. The van der Waals surface area contributed by atoms with E-state index in [0.29, 0.717) is 6.42 Å². The third-order valence-electron chi connectivity index (χ3n) is 3.15. The van der Waals surface area contributed by atoms with Crippen molar-refractivity contribution in [3.05, 3.63) is 28.2 Å². The zero-order chi connectivity index (χ0) is 15.6. The Labute approximate surface area is 128 Å². The van der Waals surface area contributed by atoms with Crippen molar-refractivity contribution in [1.29, 1.82) is 0 Å². The van der Waals surface area contributed by atoms with Gasteiger partial charge in [0.05, 0.1) is 16.9 Å². The van der Waals surface area contributed by atoms with Gasteiger partial charge in [0.2, 0.25) is 0 Å². The first-order valence-corrected chi connectivity index (χ1v) is 9.02. The maximum atomic E-state index is 12.3. The number of rotatable bonds is 6. The second-order valence-corrected chi connectivity index (χ2v) is 8.01. The van der Waals surface area contributed by atoms with E-state index in [4.69, 9.17) is 4.52 Å². The Hall–Kier alpha value is -1.25. The molecule has 21 heavy (non-hydrogen) atoms. The molecule has 0 unspecified atom stereocenters. The third-order valence-corrected chi connectivity index (χ3v) is 6.34. The topological polar surface area (TPSA) is 85.1 Å². The summed E-state index contributed by atoms with van der Waals surface area (Å²) in [4.78, 5) is 4.09. The fraction of sp³-hybridized carbons (Fsp3) is 0.538. The zero-order valence-corrected chi connectivity index (χ0v) is 14.1. The number of nitrogens with zero attached hydrogens (tertiary/aromatic N) is 2. The Bertz CT molecular complexity index is 699. The maximum Gasteiger partial charge on any atom is 0.251 e. The molecule has 2 heterocycles. The van der Waals surface area contributed by atoms with Gasteiger partial charge in [0.15, 0.2) is 4.21 Å². The molecule has 0 aliphatic heterocycles. The summed E-state index contributed by atoms with van der Waals surface area (Å²) in [5.41, 5.74) is 1.74. The summed E-state index contributed by atoms with van der Waals surface area (Å²) in [6.07, 6.45) is 2.68. The number of aromatic nitrogens is 2. The van der Waals surface area contributed by atoms with Gasteiger partial charge in [-0.15, -0.1) is 11.3 Å². The van der Waals surface area contributed by atoms with Crippen LogP contribution in [0.25, 0.3) is 0 Å². The van der Waals surface area contributed by atoms with Gasteiger partial charge < -0.3 is 4.52 Å². The number of hydrogen-bond donors (Lipinski definition) is 1. The fourth-order valence-corrected chi connectivity index (χ4v) is 4.43. The zero-order valence-electron chi connectivity index (χ0n) is 12.5. The van der Waals surface area contributed by atoms with Crippen LogP contribution in [-0.4, -0.2) is 24.6 Å². The predicted octanol–water partition coefficient (Wildman–Crippen LogP) is 2.22. The highest BCUT2D eigenvalue weighted by atomic mass is 32.2. The minimum absolute atomic E-state index is 0.251. The van der Waals surface area contributed by atoms with Crippen LogP contribution < -0.4 is 4.72 Å². The average Bonchev–Trinajstić information content (AvgIpc) is 3.00. The van der Waals surface area contributed by atoms with Crippen molar-refractivity contribution in [2.45, 2.75) is 50.8 Å². The Balaban J connectivity index is 2.09. The molecule has 1 N–H and O–H groups in total. The summed E-state index contributed by atoms with van der Waals surface area (Å²) >= 11 is 1.20. The molecule has 0 saturated carbocycles. The number of sulfonamides is 1. The van der Waals surface area contributed by atoms with Crippen molar-refractivity contribution in [2.75, 3.05) is 0 Å². The second-order valence-electron chi connectivity index (χ2n) is 4.96. The minimum Gasteiger partial charge on any atom is -0.361 e. The highest BCUT2D eigenvalue weighted by molar-refractivity contribution is 7.91. The van der Waals surface area contributed by atoms with Gasteiger partial charge in [-0.2, -0.15) is 0 Å². The summed E-state index contributed by atoms with van der Waals surface area (Å²) in [5.74, 6) is 0.726. The van der Waals surface area contributed by atoms with Crippen molar-refractivity contribution < 1.29 is 12.9 Å². The molecular formula is C13H19N3O3S2. The van der Waals surface area contributed by atoms with E-state index in [1.807, 2.05) is 27.7 Å². The molecule has 6 nitrogen and oxygen atoms in total. The largest absolute Gasteiger partial charge is 0.361 e. The van der Waals surface area contributed by atoms with E-state index >= 15 is 0 Å². The van der Waals surface area contributed by atoms with Crippen LogP contribution in [0.5, 0.6) is 0 Å². The highest BCUT2D eigenvalue weighted by Crippen LogP contribution is 2.20. The molecule has 0 spiro atoms. The first-order valence-electron chi connectivity index (χ1n) is 6.72. The molecule has 0 fully saturated rings. The molecular weight excluding hydrogens is 310 g/mol. The van der Waals surface area contributed by atoms with Gasteiger partial charge in [-0.25, -0.2) is 18.1 Å². The monoisotopic (exact) mass is 329 g/mol. The van der Waals surface area contributed by atoms with Crippen LogP contribution in [0.15, 0.2) is 14.9 Å². The van der Waals surface area contributed by atoms with Crippen molar-refractivity contribution in [3.8, 4) is 0 Å². The highest BCUT2D eigenvalue weighted by Gasteiger charge is 2.22. The maximum absolute atomic E-state index is 12.3. The molecule has 0 aliphatic carbocycles. The normalized spacial score (nSPS) is 13.5. The van der Waals surface area contributed by atoms with Crippen LogP contribution in [0.3, 0.4) is 0 Å². The molecule has 116 valence electrons. The minimum atomic E-state index is -3.52. The van der Waals surface area contributed by atoms with E-state index in [9.17, 15) is 8.42 Å². The Morgan fingerprint density at radius 3 is 2.67 bits per heavy atom. The van der Waals surface area contributed by atoms with Crippen LogP contribution >= 0.6 is 11.3 Å². The quantitative estimate of drug-likeness (QED) is 0.878. The molecule has 8 heteroatoms. The van der Waals surface area contributed by atoms with Gasteiger partial charge in [-0.1, -0.05) is 12.1 Å². The number of nitrogens with one attached hydrogen (secondary N) is 1. The molecule has 0 amide bonds. The number of aryl methyl sites for hydroxylation is 3. The van der Waals surface area contributed by atoms with Crippen LogP contribution in [0, 0.1) is 13.8 Å². The van der Waals surface area contributed by atoms with Crippen molar-refractivity contribution in [1.82, 2.24) is 14.9 Å². The lowest BCUT2D eigenvalue weighted by molar-refractivity contribution is 0.392. The molecule has 0 radical (unpaired) electrons. The van der Waals surface area contributed by atoms with Gasteiger partial charge in [-0.3, -0.25) is 0 Å². The van der Waals surface area contributed by atoms with Crippen molar-refractivity contribution in [3.63, 3.8) is 0 Å². The van der Waals surface area contributed by atoms with Crippen molar-refractivity contribution >= 4 is 21.4 Å². The number of hydrogen-bond acceptors (Lipinski definition) is 6. The molecule has 2 aromatic heterocycles. The van der Waals surface area contributed by atoms with E-state index in [-0.39, 0.29) is 10.3 Å². The molecule has 0 saturated heterocycles. The van der Waals surface area contributed by atoms with E-state index < -0.39 is 10.0 Å². The number of thiazole rings is 1. The van der Waals surface area contributed by atoms with Crippen LogP contribution in [0.1, 0.15) is 35.9 Å². The Morgan fingerprint density at radius 2 is 2.14 bits per heavy atom. The van der Waals surface area contributed by atoms with Crippen LogP contribution in [0.4, 0.5) is 0 Å². The van der Waals surface area contributed by atoms with Crippen LogP contribution in [0.2, 0.25) is 0 Å². The summed E-state index contributed by atoms with van der Waals surface area (Å²) in [7, 11) is -3.52. The summed E-state index contributed by atoms with van der Waals surface area (Å²) in [6.45, 7) is 7.45. The standard InChI is InChI=1S/C13H19N3O3S2/c1-5-12-14-7-13(20-12)21(17,18)16-8(2)6-11-9(3)15-19-10(11)4/h7-8,16H,5-6H2,1-4H3/t8-/m1/s1. The summed E-state index contributed by atoms with van der Waals surface area (Å²) in [5, 5.41) is 4.69. The molecule has 1 atom stereocenters. The SMILES string of the molecule is CCc1ncc(S(=O)(=O)N[C@H](C)Cc2c(C)noc2C)s1. The fourth-order valence-electron chi connectivity index (χ4n) is 2.05. The summed E-state index contributed by atoms with van der Waals surface area (Å²) < 4.78 is 32.6. The van der Waals surface area contributed by atoms with E-state index in [2.05, 4.69) is 14.9 Å². The predicted molar refractivity (Wildman–Crippen MR) is 81.0 cm³/mol. The van der Waals surface area contributed by atoms with E-state index in [1.165, 1.54) is 17.5 Å². The van der Waals surface area contributed by atoms with Gasteiger partial charge in [0.1, 0.15) is 5.76 Å². The Morgan fingerprint density at radius 1 is 1.43 bits per heavy atom. The third kappa shape index (κ3) is 3.69. The second kappa shape index (κ2) is 6.25.